The fourth-order valence-corrected chi connectivity index (χ4v) is 3.65. The molecular formula is C17H14FN3O2S2. The molecule has 25 heavy (non-hydrogen) atoms. The first-order valence-electron chi connectivity index (χ1n) is 7.38. The molecule has 5 nitrogen and oxygen atoms in total. The van der Waals surface area contributed by atoms with Gasteiger partial charge in [0.15, 0.2) is 5.16 Å². The average Bonchev–Trinajstić information content (AvgIpc) is 3.13. The highest BCUT2D eigenvalue weighted by atomic mass is 32.2. The topological polar surface area (TPSA) is 74.8 Å². The molecule has 0 saturated carbocycles. The highest BCUT2D eigenvalue weighted by molar-refractivity contribution is 7.99. The third kappa shape index (κ3) is 4.77. The number of hydrogen-bond acceptors (Lipinski definition) is 5. The quantitative estimate of drug-likeness (QED) is 0.513. The second kappa shape index (κ2) is 8.09. The zero-order valence-electron chi connectivity index (χ0n) is 12.9. The number of benzene rings is 1. The summed E-state index contributed by atoms with van der Waals surface area (Å²) in [7, 11) is 0. The Morgan fingerprint density at radius 2 is 2.08 bits per heavy atom. The molecule has 0 radical (unpaired) electrons. The molecular weight excluding hydrogens is 361 g/mol. The number of carbonyl (C=O) groups excluding carboxylic acids is 1. The van der Waals surface area contributed by atoms with Gasteiger partial charge in [0.1, 0.15) is 5.82 Å². The van der Waals surface area contributed by atoms with Crippen LogP contribution >= 0.6 is 23.1 Å². The zero-order chi connectivity index (χ0) is 17.6. The van der Waals surface area contributed by atoms with Crippen molar-refractivity contribution in [2.45, 2.75) is 11.2 Å². The van der Waals surface area contributed by atoms with E-state index in [1.165, 1.54) is 35.7 Å². The van der Waals surface area contributed by atoms with E-state index in [2.05, 4.69) is 15.3 Å². The third-order valence-corrected chi connectivity index (χ3v) is 5.15. The number of nitrogens with one attached hydrogen (secondary N) is 2. The van der Waals surface area contributed by atoms with Crippen LogP contribution in [0.4, 0.5) is 4.39 Å². The van der Waals surface area contributed by atoms with E-state index in [1.807, 2.05) is 17.5 Å². The predicted octanol–water partition coefficient (Wildman–Crippen LogP) is 2.97. The molecule has 2 heterocycles. The summed E-state index contributed by atoms with van der Waals surface area (Å²) in [6, 6.07) is 10.8. The molecule has 0 saturated heterocycles. The Bertz CT molecular complexity index is 895. The maximum atomic E-state index is 13.2. The number of thioether (sulfide) groups is 1. The van der Waals surface area contributed by atoms with Crippen molar-refractivity contribution in [1.82, 2.24) is 15.3 Å². The summed E-state index contributed by atoms with van der Waals surface area (Å²) < 4.78 is 13.2. The van der Waals surface area contributed by atoms with Crippen molar-refractivity contribution in [3.63, 3.8) is 0 Å². The van der Waals surface area contributed by atoms with Crippen molar-refractivity contribution in [3.05, 3.63) is 80.7 Å². The third-order valence-electron chi connectivity index (χ3n) is 3.32. The van der Waals surface area contributed by atoms with E-state index in [0.29, 0.717) is 5.16 Å². The lowest BCUT2D eigenvalue weighted by Gasteiger charge is -2.18. The van der Waals surface area contributed by atoms with E-state index >= 15 is 0 Å². The van der Waals surface area contributed by atoms with Gasteiger partial charge >= 0.3 is 0 Å². The summed E-state index contributed by atoms with van der Waals surface area (Å²) >= 11 is 2.66. The van der Waals surface area contributed by atoms with Crippen LogP contribution in [-0.4, -0.2) is 21.6 Å². The first-order valence-corrected chi connectivity index (χ1v) is 9.25. The van der Waals surface area contributed by atoms with Crippen LogP contribution in [0.15, 0.2) is 64.0 Å². The first kappa shape index (κ1) is 17.4. The minimum atomic E-state index is -0.350. The van der Waals surface area contributed by atoms with Crippen LogP contribution in [0.5, 0.6) is 0 Å². The fourth-order valence-electron chi connectivity index (χ4n) is 2.19. The number of aromatic nitrogens is 2. The Labute approximate surface area is 151 Å². The summed E-state index contributed by atoms with van der Waals surface area (Å²) in [5.41, 5.74) is 0.536. The Morgan fingerprint density at radius 3 is 2.76 bits per heavy atom. The summed E-state index contributed by atoms with van der Waals surface area (Å²) in [5, 5.41) is 5.26. The van der Waals surface area contributed by atoms with E-state index in [-0.39, 0.29) is 29.1 Å². The van der Waals surface area contributed by atoms with Crippen LogP contribution < -0.4 is 10.9 Å². The summed E-state index contributed by atoms with van der Waals surface area (Å²) in [6.45, 7) is 0. The van der Waals surface area contributed by atoms with Crippen molar-refractivity contribution >= 4 is 29.0 Å². The van der Waals surface area contributed by atoms with Gasteiger partial charge in [-0.3, -0.25) is 9.59 Å². The normalized spacial score (nSPS) is 11.9. The molecule has 3 rings (SSSR count). The van der Waals surface area contributed by atoms with Gasteiger partial charge in [-0.2, -0.15) is 0 Å². The standard InChI is InChI=1S/C17H14FN3O2S2/c18-12-5-3-11(4-6-12)16(13-2-1-9-24-13)20-15(23)10-25-17-19-8-7-14(22)21-17/h1-9,16H,10H2,(H,20,23)(H,19,21,22)/t16-/m1/s1. The lowest BCUT2D eigenvalue weighted by molar-refractivity contribution is -0.119. The Hall–Kier alpha value is -2.45. The van der Waals surface area contributed by atoms with Crippen LogP contribution in [0, 0.1) is 5.82 Å². The molecule has 1 amide bonds. The second-order valence-electron chi connectivity index (χ2n) is 5.10. The SMILES string of the molecule is O=C(CSc1nccc(=O)[nH]1)N[C@H](c1ccc(F)cc1)c1cccs1. The number of halogens is 1. The Balaban J connectivity index is 1.70. The van der Waals surface area contributed by atoms with Gasteiger partial charge in [0.25, 0.3) is 5.56 Å². The van der Waals surface area contributed by atoms with Crippen molar-refractivity contribution in [2.75, 3.05) is 5.75 Å². The molecule has 0 spiro atoms. The average molecular weight is 375 g/mol. The number of amides is 1. The van der Waals surface area contributed by atoms with Crippen molar-refractivity contribution in [2.24, 2.45) is 0 Å². The number of hydrogen-bond donors (Lipinski definition) is 2. The second-order valence-corrected chi connectivity index (χ2v) is 7.04. The van der Waals surface area contributed by atoms with E-state index in [0.717, 1.165) is 22.2 Å². The van der Waals surface area contributed by atoms with Crippen molar-refractivity contribution in [3.8, 4) is 0 Å². The van der Waals surface area contributed by atoms with Crippen molar-refractivity contribution in [1.29, 1.82) is 0 Å². The molecule has 0 unspecified atom stereocenters. The number of carbonyl (C=O) groups is 1. The van der Waals surface area contributed by atoms with Gasteiger partial charge in [-0.25, -0.2) is 9.37 Å². The highest BCUT2D eigenvalue weighted by Crippen LogP contribution is 2.26. The maximum Gasteiger partial charge on any atom is 0.251 e. The van der Waals surface area contributed by atoms with Gasteiger partial charge < -0.3 is 10.3 Å². The Kier molecular flexibility index (Phi) is 5.62. The minimum absolute atomic E-state index is 0.107. The molecule has 0 aliphatic heterocycles. The smallest absolute Gasteiger partial charge is 0.251 e. The molecule has 2 N–H and O–H groups in total. The van der Waals surface area contributed by atoms with Gasteiger partial charge in [0.2, 0.25) is 5.91 Å². The number of thiophene rings is 1. The van der Waals surface area contributed by atoms with Gasteiger partial charge in [-0.1, -0.05) is 30.0 Å². The maximum absolute atomic E-state index is 13.2. The summed E-state index contributed by atoms with van der Waals surface area (Å²) in [4.78, 5) is 31.1. The number of rotatable bonds is 6. The lowest BCUT2D eigenvalue weighted by Crippen LogP contribution is -2.30. The van der Waals surface area contributed by atoms with E-state index in [4.69, 9.17) is 0 Å². The van der Waals surface area contributed by atoms with Gasteiger partial charge in [0.05, 0.1) is 11.8 Å². The Morgan fingerprint density at radius 1 is 1.28 bits per heavy atom. The summed E-state index contributed by atoms with van der Waals surface area (Å²) in [5.74, 6) is -0.426. The molecule has 1 atom stereocenters. The van der Waals surface area contributed by atoms with E-state index in [1.54, 1.807) is 12.1 Å². The monoisotopic (exact) mass is 375 g/mol. The van der Waals surface area contributed by atoms with Crippen LogP contribution in [0.3, 0.4) is 0 Å². The molecule has 0 aliphatic rings. The van der Waals surface area contributed by atoms with Crippen LogP contribution in [0.2, 0.25) is 0 Å². The van der Waals surface area contributed by atoms with Crippen LogP contribution in [0.1, 0.15) is 16.5 Å². The minimum Gasteiger partial charge on any atom is -0.344 e. The molecule has 0 fully saturated rings. The molecule has 128 valence electrons. The predicted molar refractivity (Wildman–Crippen MR) is 96.3 cm³/mol. The number of aromatic amines is 1. The molecule has 0 bridgehead atoms. The number of nitrogens with zero attached hydrogens (tertiary/aromatic N) is 1. The molecule has 8 heteroatoms. The van der Waals surface area contributed by atoms with Crippen molar-refractivity contribution < 1.29 is 9.18 Å². The van der Waals surface area contributed by atoms with E-state index < -0.39 is 0 Å². The zero-order valence-corrected chi connectivity index (χ0v) is 14.6. The van der Waals surface area contributed by atoms with Gasteiger partial charge in [0, 0.05) is 17.1 Å². The summed E-state index contributed by atoms with van der Waals surface area (Å²) in [6.07, 6.45) is 1.39. The highest BCUT2D eigenvalue weighted by Gasteiger charge is 2.18. The van der Waals surface area contributed by atoms with Gasteiger partial charge in [-0.15, -0.1) is 11.3 Å². The lowest BCUT2D eigenvalue weighted by atomic mass is 10.1. The van der Waals surface area contributed by atoms with Crippen LogP contribution in [-0.2, 0) is 4.79 Å². The van der Waals surface area contributed by atoms with E-state index in [9.17, 15) is 14.0 Å². The largest absolute Gasteiger partial charge is 0.344 e. The molecule has 3 aromatic rings. The van der Waals surface area contributed by atoms with Crippen LogP contribution in [0.25, 0.3) is 0 Å². The first-order chi connectivity index (χ1) is 12.1. The molecule has 2 aromatic heterocycles. The molecule has 0 aliphatic carbocycles. The number of H-pyrrole nitrogens is 1. The molecule has 1 aromatic carbocycles. The fraction of sp³-hybridized carbons (Fsp3) is 0.118. The van der Waals surface area contributed by atoms with Gasteiger partial charge in [-0.05, 0) is 29.1 Å².